The first kappa shape index (κ1) is 7.98. The Morgan fingerprint density at radius 1 is 1.31 bits per heavy atom. The molecule has 0 aliphatic heterocycles. The fourth-order valence-electron chi connectivity index (χ4n) is 1.32. The molecule has 1 N–H and O–H groups in total. The highest BCUT2D eigenvalue weighted by Crippen LogP contribution is 2.01. The Morgan fingerprint density at radius 3 is 2.85 bits per heavy atom. The number of aryl methyl sites for hydroxylation is 1. The number of nitrogens with one attached hydrogen (secondary N) is 1. The van der Waals surface area contributed by atoms with E-state index in [0.29, 0.717) is 5.49 Å². The van der Waals surface area contributed by atoms with Crippen LogP contribution in [0.3, 0.4) is 0 Å². The molecule has 0 saturated heterocycles. The van der Waals surface area contributed by atoms with E-state index in [2.05, 4.69) is 4.98 Å². The zero-order valence-electron chi connectivity index (χ0n) is 7.70. The lowest BCUT2D eigenvalue weighted by Crippen LogP contribution is -2.18. The molecular formula is C10H11N3. The molecule has 0 aromatic carbocycles. The van der Waals surface area contributed by atoms with Crippen molar-refractivity contribution in [3.63, 3.8) is 0 Å². The molecule has 2 aromatic heterocycles. The van der Waals surface area contributed by atoms with E-state index >= 15 is 0 Å². The number of rotatable bonds is 0. The van der Waals surface area contributed by atoms with E-state index in [9.17, 15) is 0 Å². The average molecular weight is 173 g/mol. The van der Waals surface area contributed by atoms with Gasteiger partial charge in [0.05, 0.1) is 0 Å². The van der Waals surface area contributed by atoms with E-state index < -0.39 is 0 Å². The normalized spacial score (nSPS) is 10.6. The Kier molecular flexibility index (Phi) is 1.65. The molecular weight excluding hydrogens is 162 g/mol. The second kappa shape index (κ2) is 2.69. The van der Waals surface area contributed by atoms with Crippen molar-refractivity contribution in [2.45, 2.75) is 13.8 Å². The van der Waals surface area contributed by atoms with Gasteiger partial charge in [0.25, 0.3) is 0 Å². The van der Waals surface area contributed by atoms with Gasteiger partial charge in [0, 0.05) is 17.5 Å². The molecule has 0 saturated carbocycles. The highest BCUT2D eigenvalue weighted by molar-refractivity contribution is 5.39. The Hall–Kier alpha value is -1.64. The lowest BCUT2D eigenvalue weighted by Gasteiger charge is -2.04. The molecule has 0 aliphatic carbocycles. The van der Waals surface area contributed by atoms with Crippen molar-refractivity contribution in [1.82, 2.24) is 9.38 Å². The van der Waals surface area contributed by atoms with Gasteiger partial charge < -0.3 is 0 Å². The molecule has 3 heteroatoms. The number of nitrogens with zero attached hydrogens (tertiary/aromatic N) is 2. The van der Waals surface area contributed by atoms with Gasteiger partial charge in [-0.25, -0.2) is 4.98 Å². The van der Waals surface area contributed by atoms with E-state index in [1.165, 1.54) is 0 Å². The van der Waals surface area contributed by atoms with Crippen molar-refractivity contribution < 1.29 is 0 Å². The average Bonchev–Trinajstić information content (AvgIpc) is 2.15. The molecule has 2 aromatic rings. The predicted molar refractivity (Wildman–Crippen MR) is 50.5 cm³/mol. The second-order valence-corrected chi connectivity index (χ2v) is 3.10. The van der Waals surface area contributed by atoms with E-state index in [1.807, 2.05) is 38.2 Å². The van der Waals surface area contributed by atoms with E-state index in [4.69, 9.17) is 5.41 Å². The Labute approximate surface area is 76.2 Å². The number of hydrogen-bond donors (Lipinski definition) is 1. The molecule has 13 heavy (non-hydrogen) atoms. The van der Waals surface area contributed by atoms with E-state index in [-0.39, 0.29) is 0 Å². The van der Waals surface area contributed by atoms with Crippen LogP contribution in [0.4, 0.5) is 0 Å². The lowest BCUT2D eigenvalue weighted by molar-refractivity contribution is 0.923. The zero-order valence-corrected chi connectivity index (χ0v) is 7.70. The third-order valence-electron chi connectivity index (χ3n) is 2.26. The molecule has 0 aliphatic rings. The third kappa shape index (κ3) is 1.13. The lowest BCUT2D eigenvalue weighted by atomic mass is 10.2. The summed E-state index contributed by atoms with van der Waals surface area (Å²) >= 11 is 0. The summed E-state index contributed by atoms with van der Waals surface area (Å²) < 4.78 is 1.78. The molecule has 0 atom stereocenters. The van der Waals surface area contributed by atoms with Crippen molar-refractivity contribution in [3.8, 4) is 0 Å². The van der Waals surface area contributed by atoms with Gasteiger partial charge in [0.2, 0.25) is 0 Å². The highest BCUT2D eigenvalue weighted by atomic mass is 15.0. The summed E-state index contributed by atoms with van der Waals surface area (Å²) in [4.78, 5) is 4.38. The fourth-order valence-corrected chi connectivity index (χ4v) is 1.32. The maximum absolute atomic E-state index is 7.85. The second-order valence-electron chi connectivity index (χ2n) is 3.10. The van der Waals surface area contributed by atoms with Crippen LogP contribution in [0.2, 0.25) is 0 Å². The van der Waals surface area contributed by atoms with Crippen LogP contribution in [0.1, 0.15) is 11.3 Å². The molecule has 0 bridgehead atoms. The SMILES string of the molecule is Cc1nc2ccccn2c(=N)c1C. The number of fused-ring (bicyclic) bond motifs is 1. The summed E-state index contributed by atoms with van der Waals surface area (Å²) in [5, 5.41) is 7.85. The van der Waals surface area contributed by atoms with Crippen LogP contribution < -0.4 is 5.49 Å². The molecule has 66 valence electrons. The standard InChI is InChI=1S/C10H11N3/c1-7-8(2)12-9-5-3-4-6-13(9)10(7)11/h3-6,11H,1-2H3. The summed E-state index contributed by atoms with van der Waals surface area (Å²) in [6.07, 6.45) is 1.86. The molecule has 0 fully saturated rings. The minimum atomic E-state index is 0.517. The van der Waals surface area contributed by atoms with Gasteiger partial charge in [-0.1, -0.05) is 6.07 Å². The predicted octanol–water partition coefficient (Wildman–Crippen LogP) is 1.43. The van der Waals surface area contributed by atoms with Crippen LogP contribution in [0.25, 0.3) is 5.65 Å². The monoisotopic (exact) mass is 173 g/mol. The van der Waals surface area contributed by atoms with Gasteiger partial charge in [-0.05, 0) is 26.0 Å². The van der Waals surface area contributed by atoms with Gasteiger partial charge >= 0.3 is 0 Å². The van der Waals surface area contributed by atoms with Gasteiger partial charge in [0.1, 0.15) is 11.1 Å². The van der Waals surface area contributed by atoms with Gasteiger partial charge in [-0.2, -0.15) is 0 Å². The Balaban J connectivity index is 3.03. The van der Waals surface area contributed by atoms with Crippen molar-refractivity contribution in [1.29, 1.82) is 5.41 Å². The van der Waals surface area contributed by atoms with Crippen LogP contribution in [-0.4, -0.2) is 9.38 Å². The van der Waals surface area contributed by atoms with Gasteiger partial charge in [-0.3, -0.25) is 9.81 Å². The molecule has 2 heterocycles. The topological polar surface area (TPSA) is 41.2 Å². The summed E-state index contributed by atoms with van der Waals surface area (Å²) in [7, 11) is 0. The summed E-state index contributed by atoms with van der Waals surface area (Å²) in [6.45, 7) is 3.85. The van der Waals surface area contributed by atoms with Crippen molar-refractivity contribution in [3.05, 3.63) is 41.1 Å². The van der Waals surface area contributed by atoms with Gasteiger partial charge in [0.15, 0.2) is 0 Å². The van der Waals surface area contributed by atoms with Crippen LogP contribution in [-0.2, 0) is 0 Å². The minimum Gasteiger partial charge on any atom is -0.286 e. The molecule has 3 nitrogen and oxygen atoms in total. The molecule has 2 rings (SSSR count). The van der Waals surface area contributed by atoms with Crippen LogP contribution in [0, 0.1) is 19.3 Å². The first-order valence-electron chi connectivity index (χ1n) is 4.19. The molecule has 0 spiro atoms. The van der Waals surface area contributed by atoms with E-state index in [1.54, 1.807) is 4.40 Å². The summed E-state index contributed by atoms with van der Waals surface area (Å²) in [5.41, 5.74) is 3.21. The number of hydrogen-bond acceptors (Lipinski definition) is 2. The Bertz CT molecular complexity index is 511. The van der Waals surface area contributed by atoms with Crippen molar-refractivity contribution in [2.24, 2.45) is 0 Å². The number of pyridine rings is 1. The smallest absolute Gasteiger partial charge is 0.138 e. The molecule has 0 unspecified atom stereocenters. The quantitative estimate of drug-likeness (QED) is 0.643. The summed E-state index contributed by atoms with van der Waals surface area (Å²) in [6, 6.07) is 5.74. The van der Waals surface area contributed by atoms with Crippen LogP contribution >= 0.6 is 0 Å². The molecule has 0 radical (unpaired) electrons. The third-order valence-corrected chi connectivity index (χ3v) is 2.26. The van der Waals surface area contributed by atoms with E-state index in [0.717, 1.165) is 16.9 Å². The maximum Gasteiger partial charge on any atom is 0.138 e. The highest BCUT2D eigenvalue weighted by Gasteiger charge is 2.00. The maximum atomic E-state index is 7.85. The van der Waals surface area contributed by atoms with Crippen molar-refractivity contribution >= 4 is 5.65 Å². The van der Waals surface area contributed by atoms with Gasteiger partial charge in [-0.15, -0.1) is 0 Å². The fraction of sp³-hybridized carbons (Fsp3) is 0.200. The van der Waals surface area contributed by atoms with Crippen LogP contribution in [0.5, 0.6) is 0 Å². The number of aromatic nitrogens is 2. The van der Waals surface area contributed by atoms with Crippen molar-refractivity contribution in [2.75, 3.05) is 0 Å². The zero-order chi connectivity index (χ0) is 9.42. The summed E-state index contributed by atoms with van der Waals surface area (Å²) in [5.74, 6) is 0. The molecule has 0 amide bonds. The first-order chi connectivity index (χ1) is 6.20. The minimum absolute atomic E-state index is 0.517. The Morgan fingerprint density at radius 2 is 2.08 bits per heavy atom. The van der Waals surface area contributed by atoms with Crippen LogP contribution in [0.15, 0.2) is 24.4 Å². The first-order valence-corrected chi connectivity index (χ1v) is 4.19. The largest absolute Gasteiger partial charge is 0.286 e.